The summed E-state index contributed by atoms with van der Waals surface area (Å²) in [6.07, 6.45) is 0. The highest BCUT2D eigenvalue weighted by atomic mass is 79.9. The third-order valence-corrected chi connectivity index (χ3v) is 3.43. The van der Waals surface area contributed by atoms with E-state index >= 15 is 0 Å². The number of rotatable bonds is 6. The molecule has 0 aliphatic rings. The molecule has 1 unspecified atom stereocenters. The Balaban J connectivity index is 2.97. The van der Waals surface area contributed by atoms with Crippen LogP contribution in [0.5, 0.6) is 0 Å². The number of nitrogens with one attached hydrogen (secondary N) is 1. The molecular weight excluding hydrogens is 280 g/mol. The average molecular weight is 301 g/mol. The van der Waals surface area contributed by atoms with Gasteiger partial charge in [0, 0.05) is 36.9 Å². The molecule has 17 heavy (non-hydrogen) atoms. The van der Waals surface area contributed by atoms with Crippen LogP contribution in [-0.4, -0.2) is 34.4 Å². The highest BCUT2D eigenvalue weighted by molar-refractivity contribution is 9.10. The minimum absolute atomic E-state index is 0.336. The van der Waals surface area contributed by atoms with Crippen molar-refractivity contribution < 1.29 is 4.74 Å². The zero-order valence-electron chi connectivity index (χ0n) is 11.0. The Morgan fingerprint density at radius 3 is 2.76 bits per heavy atom. The highest BCUT2D eigenvalue weighted by Crippen LogP contribution is 2.28. The maximum Gasteiger partial charge on any atom is 0.0637 e. The fourth-order valence-corrected chi connectivity index (χ4v) is 2.07. The number of benzene rings is 1. The topological polar surface area (TPSA) is 24.5 Å². The maximum atomic E-state index is 5.12. The molecule has 1 atom stereocenters. The predicted molar refractivity (Wildman–Crippen MR) is 76.8 cm³/mol. The van der Waals surface area contributed by atoms with E-state index in [0.29, 0.717) is 6.04 Å². The molecule has 0 aliphatic carbocycles. The van der Waals surface area contributed by atoms with Crippen LogP contribution in [0.4, 0.5) is 5.69 Å². The molecule has 0 fully saturated rings. The Morgan fingerprint density at radius 2 is 2.18 bits per heavy atom. The second kappa shape index (κ2) is 6.99. The van der Waals surface area contributed by atoms with Gasteiger partial charge in [-0.05, 0) is 31.7 Å². The summed E-state index contributed by atoms with van der Waals surface area (Å²) in [5.41, 5.74) is 2.53. The summed E-state index contributed by atoms with van der Waals surface area (Å²) in [4.78, 5) is 2.22. The minimum Gasteiger partial charge on any atom is -0.383 e. The Morgan fingerprint density at radius 1 is 1.47 bits per heavy atom. The molecule has 96 valence electrons. The fourth-order valence-electron chi connectivity index (χ4n) is 1.72. The van der Waals surface area contributed by atoms with E-state index in [1.54, 1.807) is 7.11 Å². The molecule has 0 amide bonds. The summed E-state index contributed by atoms with van der Waals surface area (Å²) in [7, 11) is 5.80. The van der Waals surface area contributed by atoms with Crippen molar-refractivity contribution in [1.82, 2.24) is 5.32 Å². The van der Waals surface area contributed by atoms with Gasteiger partial charge in [-0.25, -0.2) is 0 Å². The molecule has 0 saturated heterocycles. The van der Waals surface area contributed by atoms with Crippen molar-refractivity contribution in [2.75, 3.05) is 39.3 Å². The molecule has 0 bridgehead atoms. The average Bonchev–Trinajstić information content (AvgIpc) is 2.34. The number of likely N-dealkylation sites (N-methyl/N-ethyl adjacent to an activating group) is 1. The molecule has 0 aromatic heterocycles. The van der Waals surface area contributed by atoms with Gasteiger partial charge in [0.05, 0.1) is 6.61 Å². The normalized spacial score (nSPS) is 12.5. The van der Waals surface area contributed by atoms with Gasteiger partial charge < -0.3 is 15.0 Å². The van der Waals surface area contributed by atoms with Gasteiger partial charge in [0.2, 0.25) is 0 Å². The number of anilines is 1. The molecule has 0 heterocycles. The first-order valence-corrected chi connectivity index (χ1v) is 6.56. The van der Waals surface area contributed by atoms with Crippen molar-refractivity contribution in [3.8, 4) is 0 Å². The van der Waals surface area contributed by atoms with E-state index in [-0.39, 0.29) is 0 Å². The monoisotopic (exact) mass is 300 g/mol. The summed E-state index contributed by atoms with van der Waals surface area (Å²) in [6.45, 7) is 3.78. The molecule has 1 N–H and O–H groups in total. The van der Waals surface area contributed by atoms with Crippen molar-refractivity contribution in [3.05, 3.63) is 28.2 Å². The Kier molecular flexibility index (Phi) is 5.95. The van der Waals surface area contributed by atoms with Gasteiger partial charge in [-0.3, -0.25) is 0 Å². The SMILES string of the molecule is CNC(C)c1ccc(Br)cc1N(C)CCOC. The summed E-state index contributed by atoms with van der Waals surface area (Å²) < 4.78 is 6.22. The molecule has 0 saturated carbocycles. The van der Waals surface area contributed by atoms with Crippen molar-refractivity contribution >= 4 is 21.6 Å². The first-order valence-electron chi connectivity index (χ1n) is 5.77. The fraction of sp³-hybridized carbons (Fsp3) is 0.538. The van der Waals surface area contributed by atoms with Gasteiger partial charge in [0.15, 0.2) is 0 Å². The smallest absolute Gasteiger partial charge is 0.0637 e. The molecule has 1 aromatic rings. The van der Waals surface area contributed by atoms with Crippen LogP contribution >= 0.6 is 15.9 Å². The first-order chi connectivity index (χ1) is 8.10. The van der Waals surface area contributed by atoms with E-state index in [4.69, 9.17) is 4.74 Å². The Bertz CT molecular complexity index is 357. The molecular formula is C13H21BrN2O. The number of ether oxygens (including phenoxy) is 1. The summed E-state index contributed by atoms with van der Waals surface area (Å²) in [5, 5.41) is 3.28. The number of methoxy groups -OCH3 is 1. The van der Waals surface area contributed by atoms with Gasteiger partial charge in [-0.1, -0.05) is 22.0 Å². The lowest BCUT2D eigenvalue weighted by atomic mass is 10.1. The lowest BCUT2D eigenvalue weighted by Crippen LogP contribution is -2.25. The van der Waals surface area contributed by atoms with E-state index in [1.165, 1.54) is 11.3 Å². The van der Waals surface area contributed by atoms with E-state index in [9.17, 15) is 0 Å². The van der Waals surface area contributed by atoms with Gasteiger partial charge in [0.25, 0.3) is 0 Å². The third kappa shape index (κ3) is 3.98. The summed E-state index contributed by atoms with van der Waals surface area (Å²) in [6, 6.07) is 6.72. The van der Waals surface area contributed by atoms with E-state index in [1.807, 2.05) is 7.05 Å². The van der Waals surface area contributed by atoms with Crippen molar-refractivity contribution in [3.63, 3.8) is 0 Å². The maximum absolute atomic E-state index is 5.12. The number of hydrogen-bond donors (Lipinski definition) is 1. The number of halogens is 1. The van der Waals surface area contributed by atoms with Crippen LogP contribution in [0, 0.1) is 0 Å². The molecule has 1 rings (SSSR count). The second-order valence-electron chi connectivity index (χ2n) is 4.13. The molecule has 0 radical (unpaired) electrons. The summed E-state index contributed by atoms with van der Waals surface area (Å²) in [5.74, 6) is 0. The number of nitrogens with zero attached hydrogens (tertiary/aromatic N) is 1. The zero-order chi connectivity index (χ0) is 12.8. The molecule has 1 aromatic carbocycles. The van der Waals surface area contributed by atoms with Crippen LogP contribution < -0.4 is 10.2 Å². The minimum atomic E-state index is 0.336. The Labute approximate surface area is 112 Å². The quantitative estimate of drug-likeness (QED) is 0.874. The lowest BCUT2D eigenvalue weighted by molar-refractivity contribution is 0.206. The third-order valence-electron chi connectivity index (χ3n) is 2.93. The standard InChI is InChI=1S/C13H21BrN2O/c1-10(15-2)12-6-5-11(14)9-13(12)16(3)7-8-17-4/h5-6,9-10,15H,7-8H2,1-4H3. The van der Waals surface area contributed by atoms with Crippen LogP contribution in [0.3, 0.4) is 0 Å². The largest absolute Gasteiger partial charge is 0.383 e. The molecule has 4 heteroatoms. The van der Waals surface area contributed by atoms with Crippen LogP contribution in [0.15, 0.2) is 22.7 Å². The second-order valence-corrected chi connectivity index (χ2v) is 5.04. The van der Waals surface area contributed by atoms with Gasteiger partial charge >= 0.3 is 0 Å². The van der Waals surface area contributed by atoms with Crippen LogP contribution in [0.2, 0.25) is 0 Å². The van der Waals surface area contributed by atoms with Crippen LogP contribution in [-0.2, 0) is 4.74 Å². The van der Waals surface area contributed by atoms with Gasteiger partial charge in [0.1, 0.15) is 0 Å². The van der Waals surface area contributed by atoms with Gasteiger partial charge in [-0.2, -0.15) is 0 Å². The van der Waals surface area contributed by atoms with Crippen molar-refractivity contribution in [1.29, 1.82) is 0 Å². The Hall–Kier alpha value is -0.580. The van der Waals surface area contributed by atoms with E-state index in [2.05, 4.69) is 58.3 Å². The molecule has 3 nitrogen and oxygen atoms in total. The molecule has 0 spiro atoms. The molecule has 0 aliphatic heterocycles. The lowest BCUT2D eigenvalue weighted by Gasteiger charge is -2.25. The summed E-state index contributed by atoms with van der Waals surface area (Å²) >= 11 is 3.53. The van der Waals surface area contributed by atoms with Gasteiger partial charge in [-0.15, -0.1) is 0 Å². The van der Waals surface area contributed by atoms with E-state index < -0.39 is 0 Å². The van der Waals surface area contributed by atoms with E-state index in [0.717, 1.165) is 17.6 Å². The highest BCUT2D eigenvalue weighted by Gasteiger charge is 2.12. The van der Waals surface area contributed by atoms with Crippen molar-refractivity contribution in [2.45, 2.75) is 13.0 Å². The number of hydrogen-bond acceptors (Lipinski definition) is 3. The zero-order valence-corrected chi connectivity index (χ0v) is 12.5. The van der Waals surface area contributed by atoms with Crippen LogP contribution in [0.25, 0.3) is 0 Å². The van der Waals surface area contributed by atoms with Crippen LogP contribution in [0.1, 0.15) is 18.5 Å². The van der Waals surface area contributed by atoms with Crippen molar-refractivity contribution in [2.24, 2.45) is 0 Å². The first kappa shape index (κ1) is 14.5. The predicted octanol–water partition coefficient (Wildman–Crippen LogP) is 2.81.